The van der Waals surface area contributed by atoms with E-state index in [4.69, 9.17) is 9.15 Å². The maximum Gasteiger partial charge on any atom is 0.433 e. The molecule has 1 amide bonds. The predicted molar refractivity (Wildman–Crippen MR) is 99.0 cm³/mol. The monoisotopic (exact) mass is 405 g/mol. The molecule has 0 aliphatic rings. The largest absolute Gasteiger partial charge is 0.450 e. The van der Waals surface area contributed by atoms with Crippen LogP contribution in [0, 0.1) is 20.2 Å². The average Bonchev–Trinajstić information content (AvgIpc) is 3.14. The number of rotatable bonds is 7. The number of benzene rings is 1. The molecule has 2 rings (SSSR count). The molecule has 0 N–H and O–H groups in total. The number of nitro groups is 2. The fraction of sp³-hybridized carbons (Fsp3) is 0.333. The van der Waals surface area contributed by atoms with Crippen molar-refractivity contribution in [1.29, 1.82) is 0 Å². The highest BCUT2D eigenvalue weighted by Crippen LogP contribution is 2.20. The molecule has 0 saturated heterocycles. The molecule has 0 aliphatic heterocycles. The smallest absolute Gasteiger partial charge is 0.433 e. The van der Waals surface area contributed by atoms with Crippen LogP contribution in [-0.4, -0.2) is 38.8 Å². The highest BCUT2D eigenvalue weighted by atomic mass is 16.7. The van der Waals surface area contributed by atoms with Crippen molar-refractivity contribution >= 4 is 23.4 Å². The van der Waals surface area contributed by atoms with Crippen molar-refractivity contribution in [3.63, 3.8) is 0 Å². The van der Waals surface area contributed by atoms with Gasteiger partial charge in [0.1, 0.15) is 4.92 Å². The number of ether oxygens (including phenoxy) is 1. The molecule has 0 radical (unpaired) electrons. The van der Waals surface area contributed by atoms with Gasteiger partial charge in [0, 0.05) is 24.2 Å². The number of hydrogen-bond donors (Lipinski definition) is 0. The van der Waals surface area contributed by atoms with Gasteiger partial charge < -0.3 is 14.1 Å². The van der Waals surface area contributed by atoms with Crippen molar-refractivity contribution in [2.24, 2.45) is 0 Å². The summed E-state index contributed by atoms with van der Waals surface area (Å²) in [7, 11) is 0. The van der Waals surface area contributed by atoms with Gasteiger partial charge in [-0.15, -0.1) is 0 Å². The third kappa shape index (κ3) is 5.61. The zero-order chi connectivity index (χ0) is 21.8. The van der Waals surface area contributed by atoms with Crippen LogP contribution in [0.2, 0.25) is 0 Å². The molecule has 1 heterocycles. The average molecular weight is 405 g/mol. The van der Waals surface area contributed by atoms with E-state index in [9.17, 15) is 29.8 Å². The van der Waals surface area contributed by atoms with E-state index in [1.54, 1.807) is 20.8 Å². The highest BCUT2D eigenvalue weighted by molar-refractivity contribution is 5.89. The fourth-order valence-corrected chi connectivity index (χ4v) is 2.42. The molecule has 1 aromatic carbocycles. The first-order valence-electron chi connectivity index (χ1n) is 8.44. The molecule has 1 aromatic heterocycles. The van der Waals surface area contributed by atoms with Gasteiger partial charge >= 0.3 is 11.9 Å². The fourth-order valence-electron chi connectivity index (χ4n) is 2.42. The van der Waals surface area contributed by atoms with Crippen molar-refractivity contribution in [2.75, 3.05) is 6.61 Å². The molecule has 29 heavy (non-hydrogen) atoms. The summed E-state index contributed by atoms with van der Waals surface area (Å²) in [6.45, 7) is 4.90. The molecule has 11 nitrogen and oxygen atoms in total. The lowest BCUT2D eigenvalue weighted by Crippen LogP contribution is -2.46. The number of amides is 1. The summed E-state index contributed by atoms with van der Waals surface area (Å²) in [5, 5.41) is 21.4. The second-order valence-corrected chi connectivity index (χ2v) is 7.05. The number of non-ortho nitro benzene ring substituents is 1. The topological polar surface area (TPSA) is 146 Å². The summed E-state index contributed by atoms with van der Waals surface area (Å²) in [6, 6.07) is 7.85. The Morgan fingerprint density at radius 1 is 1.03 bits per heavy atom. The Bertz CT molecular complexity index is 927. The lowest BCUT2D eigenvalue weighted by atomic mass is 10.0. The van der Waals surface area contributed by atoms with Gasteiger partial charge in [0.2, 0.25) is 5.76 Å². The van der Waals surface area contributed by atoms with Gasteiger partial charge in [-0.25, -0.2) is 4.79 Å². The molecule has 0 aliphatic carbocycles. The first-order chi connectivity index (χ1) is 13.5. The van der Waals surface area contributed by atoms with Crippen LogP contribution in [0.5, 0.6) is 0 Å². The van der Waals surface area contributed by atoms with Crippen molar-refractivity contribution < 1.29 is 28.6 Å². The van der Waals surface area contributed by atoms with E-state index >= 15 is 0 Å². The number of carbonyl (C=O) groups is 2. The van der Waals surface area contributed by atoms with Gasteiger partial charge in [-0.2, -0.15) is 0 Å². The normalized spacial score (nSPS) is 11.0. The van der Waals surface area contributed by atoms with Crippen LogP contribution in [-0.2, 0) is 16.1 Å². The molecule has 0 spiro atoms. The molecule has 154 valence electrons. The lowest BCUT2D eigenvalue weighted by Gasteiger charge is -2.35. The van der Waals surface area contributed by atoms with Gasteiger partial charge in [-0.1, -0.05) is 12.1 Å². The molecular weight excluding hydrogens is 386 g/mol. The number of hydrogen-bond acceptors (Lipinski definition) is 8. The third-order valence-electron chi connectivity index (χ3n) is 3.90. The molecule has 11 heteroatoms. The highest BCUT2D eigenvalue weighted by Gasteiger charge is 2.28. The number of nitro benzene ring substituents is 1. The molecule has 0 saturated carbocycles. The first kappa shape index (κ1) is 21.5. The van der Waals surface area contributed by atoms with Crippen molar-refractivity contribution in [2.45, 2.75) is 32.9 Å². The number of nitrogens with zero attached hydrogens (tertiary/aromatic N) is 3. The minimum absolute atomic E-state index is 0.0659. The van der Waals surface area contributed by atoms with E-state index in [1.165, 1.54) is 29.2 Å². The maximum atomic E-state index is 12.6. The van der Waals surface area contributed by atoms with Crippen LogP contribution in [0.1, 0.15) is 36.9 Å². The zero-order valence-corrected chi connectivity index (χ0v) is 16.0. The minimum atomic E-state index is -1.00. The molecular formula is C18H19N3O8. The zero-order valence-electron chi connectivity index (χ0n) is 16.0. The van der Waals surface area contributed by atoms with Crippen LogP contribution < -0.4 is 0 Å². The standard InChI is InChI=1S/C18H19N3O8/c1-18(2,3)19(10-12-4-6-13(7-5-12)20(24)25)15(22)11-28-17(23)14-8-9-16(29-14)21(26)27/h4-9H,10-11H2,1-3H3. The Kier molecular flexibility index (Phi) is 6.32. The predicted octanol–water partition coefficient (Wildman–Crippen LogP) is 3.08. The molecule has 0 bridgehead atoms. The van der Waals surface area contributed by atoms with E-state index in [-0.39, 0.29) is 18.0 Å². The van der Waals surface area contributed by atoms with Crippen LogP contribution in [0.4, 0.5) is 11.6 Å². The Morgan fingerprint density at radius 3 is 2.14 bits per heavy atom. The van der Waals surface area contributed by atoms with Gasteiger partial charge in [-0.05, 0) is 32.4 Å². The van der Waals surface area contributed by atoms with Gasteiger partial charge in [0.25, 0.3) is 11.6 Å². The summed E-state index contributed by atoms with van der Waals surface area (Å²) in [4.78, 5) is 46.0. The summed E-state index contributed by atoms with van der Waals surface area (Å²) in [6.07, 6.45) is 0. The van der Waals surface area contributed by atoms with E-state index in [0.717, 1.165) is 12.1 Å². The van der Waals surface area contributed by atoms with Crippen LogP contribution >= 0.6 is 0 Å². The van der Waals surface area contributed by atoms with E-state index < -0.39 is 39.8 Å². The van der Waals surface area contributed by atoms with E-state index in [2.05, 4.69) is 0 Å². The minimum Gasteiger partial charge on any atom is -0.450 e. The van der Waals surface area contributed by atoms with Crippen molar-refractivity contribution in [3.05, 3.63) is 68.0 Å². The van der Waals surface area contributed by atoms with Gasteiger partial charge in [0.15, 0.2) is 6.61 Å². The Hall–Kier alpha value is -3.76. The van der Waals surface area contributed by atoms with Crippen LogP contribution in [0.3, 0.4) is 0 Å². The summed E-state index contributed by atoms with van der Waals surface area (Å²) < 4.78 is 9.65. The van der Waals surface area contributed by atoms with Gasteiger partial charge in [0.05, 0.1) is 11.0 Å². The second-order valence-electron chi connectivity index (χ2n) is 7.05. The molecule has 2 aromatic rings. The van der Waals surface area contributed by atoms with Crippen LogP contribution in [0.25, 0.3) is 0 Å². The Labute approximate surface area is 165 Å². The molecule has 0 fully saturated rings. The quantitative estimate of drug-likeness (QED) is 0.388. The summed E-state index contributed by atoms with van der Waals surface area (Å²) in [5.74, 6) is -2.51. The third-order valence-corrected chi connectivity index (χ3v) is 3.90. The second kappa shape index (κ2) is 8.50. The molecule has 0 unspecified atom stereocenters. The maximum absolute atomic E-state index is 12.6. The molecule has 0 atom stereocenters. The van der Waals surface area contributed by atoms with Crippen molar-refractivity contribution in [1.82, 2.24) is 4.90 Å². The number of esters is 1. The SMILES string of the molecule is CC(C)(C)N(Cc1ccc([N+](=O)[O-])cc1)C(=O)COC(=O)c1ccc([N+](=O)[O-])o1. The Balaban J connectivity index is 2.05. The van der Waals surface area contributed by atoms with E-state index in [1.807, 2.05) is 0 Å². The summed E-state index contributed by atoms with van der Waals surface area (Å²) in [5.41, 5.74) is -0.0370. The summed E-state index contributed by atoms with van der Waals surface area (Å²) >= 11 is 0. The number of carbonyl (C=O) groups excluding carboxylic acids is 2. The first-order valence-corrected chi connectivity index (χ1v) is 8.44. The number of furan rings is 1. The lowest BCUT2D eigenvalue weighted by molar-refractivity contribution is -0.402. The Morgan fingerprint density at radius 2 is 1.66 bits per heavy atom. The van der Waals surface area contributed by atoms with Crippen molar-refractivity contribution in [3.8, 4) is 0 Å². The van der Waals surface area contributed by atoms with E-state index in [0.29, 0.717) is 5.56 Å². The van der Waals surface area contributed by atoms with Gasteiger partial charge in [-0.3, -0.25) is 25.0 Å². The van der Waals surface area contributed by atoms with Crippen LogP contribution in [0.15, 0.2) is 40.8 Å².